The second kappa shape index (κ2) is 12.2. The summed E-state index contributed by atoms with van der Waals surface area (Å²) in [5, 5.41) is 32.8. The lowest BCUT2D eigenvalue weighted by molar-refractivity contribution is -0.143. The average molecular weight is 405 g/mol. The largest absolute Gasteiger partial charge is 0.481 e. The van der Waals surface area contributed by atoms with Crippen LogP contribution in [0, 0.1) is 0 Å². The van der Waals surface area contributed by atoms with Crippen LogP contribution in [0.2, 0.25) is 0 Å². The molecule has 0 aliphatic rings. The monoisotopic (exact) mass is 405 g/mol. The molecule has 14 heteroatoms. The van der Waals surface area contributed by atoms with Gasteiger partial charge in [-0.05, 0) is 6.42 Å². The molecule has 28 heavy (non-hydrogen) atoms. The maximum Gasteiger partial charge on any atom is 0.326 e. The van der Waals surface area contributed by atoms with Crippen molar-refractivity contribution >= 4 is 35.6 Å². The quantitative estimate of drug-likeness (QED) is 0.145. The van der Waals surface area contributed by atoms with Crippen LogP contribution in [-0.4, -0.2) is 82.2 Å². The molecule has 0 aliphatic carbocycles. The van der Waals surface area contributed by atoms with Crippen LogP contribution in [0.3, 0.4) is 0 Å². The van der Waals surface area contributed by atoms with E-state index in [4.69, 9.17) is 21.7 Å². The number of amides is 4. The van der Waals surface area contributed by atoms with Crippen molar-refractivity contribution < 1.29 is 44.1 Å². The van der Waals surface area contributed by atoms with E-state index in [1.54, 1.807) is 0 Å². The smallest absolute Gasteiger partial charge is 0.326 e. The van der Waals surface area contributed by atoms with Crippen LogP contribution in [0.15, 0.2) is 0 Å². The molecule has 0 radical (unpaired) electrons. The van der Waals surface area contributed by atoms with E-state index < -0.39 is 79.7 Å². The van der Waals surface area contributed by atoms with E-state index in [0.717, 1.165) is 0 Å². The minimum atomic E-state index is -1.48. The molecule has 0 heterocycles. The topological polar surface area (TPSA) is 251 Å². The number of carbonyl (C=O) groups excluding carboxylic acids is 4. The van der Waals surface area contributed by atoms with Gasteiger partial charge in [0.1, 0.15) is 12.1 Å². The van der Waals surface area contributed by atoms with Crippen molar-refractivity contribution in [1.82, 2.24) is 16.0 Å². The summed E-state index contributed by atoms with van der Waals surface area (Å²) in [5.41, 5.74) is 10.3. The number of nitrogens with two attached hydrogens (primary N) is 2. The Morgan fingerprint density at radius 3 is 2.00 bits per heavy atom. The lowest BCUT2D eigenvalue weighted by Gasteiger charge is -2.19. The lowest BCUT2D eigenvalue weighted by Crippen LogP contribution is -2.55. The first kappa shape index (κ1) is 24.7. The Bertz CT molecular complexity index is 624. The van der Waals surface area contributed by atoms with Gasteiger partial charge in [-0.15, -0.1) is 0 Å². The van der Waals surface area contributed by atoms with Gasteiger partial charge in [0.2, 0.25) is 23.6 Å². The lowest BCUT2D eigenvalue weighted by atomic mass is 10.1. The number of hydrogen-bond acceptors (Lipinski definition) is 8. The molecule has 0 rings (SSSR count). The fourth-order valence-corrected chi connectivity index (χ4v) is 1.84. The fraction of sp³-hybridized carbons (Fsp3) is 0.571. The molecule has 0 saturated heterocycles. The van der Waals surface area contributed by atoms with E-state index in [2.05, 4.69) is 10.6 Å². The summed E-state index contributed by atoms with van der Waals surface area (Å²) in [5.74, 6) is -6.39. The Labute approximate surface area is 158 Å². The van der Waals surface area contributed by atoms with Crippen molar-refractivity contribution in [1.29, 1.82) is 0 Å². The van der Waals surface area contributed by atoms with Gasteiger partial charge in [0, 0.05) is 6.42 Å². The highest BCUT2D eigenvalue weighted by molar-refractivity contribution is 5.94. The number of aliphatic hydroxyl groups is 1. The third-order valence-corrected chi connectivity index (χ3v) is 3.28. The number of aliphatic carboxylic acids is 2. The Hall–Kier alpha value is -3.26. The van der Waals surface area contributed by atoms with E-state index in [1.165, 1.54) is 0 Å². The van der Waals surface area contributed by atoms with Crippen LogP contribution >= 0.6 is 0 Å². The van der Waals surface area contributed by atoms with Gasteiger partial charge in [0.25, 0.3) is 0 Å². The number of carboxylic acids is 2. The Kier molecular flexibility index (Phi) is 10.8. The molecule has 0 fully saturated rings. The third-order valence-electron chi connectivity index (χ3n) is 3.28. The summed E-state index contributed by atoms with van der Waals surface area (Å²) in [6.07, 6.45) is -1.34. The molecule has 0 aromatic rings. The van der Waals surface area contributed by atoms with E-state index in [1.807, 2.05) is 5.32 Å². The van der Waals surface area contributed by atoms with Gasteiger partial charge in [-0.3, -0.25) is 24.0 Å². The number of rotatable bonds is 13. The maximum atomic E-state index is 11.9. The molecular formula is C14H23N5O9. The molecule has 158 valence electrons. The number of aliphatic hydroxyl groups excluding tert-OH is 1. The Morgan fingerprint density at radius 1 is 0.929 bits per heavy atom. The molecule has 3 atom stereocenters. The van der Waals surface area contributed by atoms with E-state index in [-0.39, 0.29) is 6.42 Å². The van der Waals surface area contributed by atoms with Gasteiger partial charge < -0.3 is 42.7 Å². The van der Waals surface area contributed by atoms with Crippen LogP contribution in [0.4, 0.5) is 0 Å². The molecule has 10 N–H and O–H groups in total. The zero-order valence-corrected chi connectivity index (χ0v) is 14.7. The number of hydrogen-bond donors (Lipinski definition) is 8. The van der Waals surface area contributed by atoms with Gasteiger partial charge in [0.05, 0.1) is 25.6 Å². The SMILES string of the molecule is NC(=O)CC(N)C(=O)NC(CO)C(=O)NCC(=O)NC(CCC(=O)O)C(=O)O. The summed E-state index contributed by atoms with van der Waals surface area (Å²) in [6.45, 7) is -1.55. The average Bonchev–Trinajstić information content (AvgIpc) is 2.59. The Balaban J connectivity index is 4.59. The molecular weight excluding hydrogens is 382 g/mol. The number of carbonyl (C=O) groups is 6. The van der Waals surface area contributed by atoms with Crippen LogP contribution in [-0.2, 0) is 28.8 Å². The normalized spacial score (nSPS) is 13.5. The molecule has 0 bridgehead atoms. The van der Waals surface area contributed by atoms with Crippen LogP contribution in [0.25, 0.3) is 0 Å². The van der Waals surface area contributed by atoms with Gasteiger partial charge in [-0.2, -0.15) is 0 Å². The van der Waals surface area contributed by atoms with Crippen molar-refractivity contribution in [2.45, 2.75) is 37.4 Å². The van der Waals surface area contributed by atoms with Crippen molar-refractivity contribution in [2.24, 2.45) is 11.5 Å². The molecule has 0 aromatic carbocycles. The van der Waals surface area contributed by atoms with Gasteiger partial charge in [-0.1, -0.05) is 0 Å². The second-order valence-corrected chi connectivity index (χ2v) is 5.63. The first-order valence-corrected chi connectivity index (χ1v) is 7.94. The van der Waals surface area contributed by atoms with Crippen LogP contribution in [0.5, 0.6) is 0 Å². The van der Waals surface area contributed by atoms with Crippen molar-refractivity contribution in [3.8, 4) is 0 Å². The van der Waals surface area contributed by atoms with Gasteiger partial charge in [0.15, 0.2) is 0 Å². The minimum absolute atomic E-state index is 0.364. The first-order valence-electron chi connectivity index (χ1n) is 7.94. The van der Waals surface area contributed by atoms with E-state index >= 15 is 0 Å². The highest BCUT2D eigenvalue weighted by Gasteiger charge is 2.25. The van der Waals surface area contributed by atoms with Crippen molar-refractivity contribution in [3.63, 3.8) is 0 Å². The number of primary amides is 1. The first-order chi connectivity index (χ1) is 13.0. The zero-order valence-electron chi connectivity index (χ0n) is 14.7. The summed E-state index contributed by atoms with van der Waals surface area (Å²) in [6, 6.07) is -4.30. The molecule has 0 saturated carbocycles. The predicted molar refractivity (Wildman–Crippen MR) is 90.2 cm³/mol. The van der Waals surface area contributed by atoms with Gasteiger partial charge >= 0.3 is 11.9 Å². The third kappa shape index (κ3) is 10.0. The molecule has 0 aromatic heterocycles. The number of nitrogens with one attached hydrogen (secondary N) is 3. The van der Waals surface area contributed by atoms with Crippen molar-refractivity contribution in [3.05, 3.63) is 0 Å². The summed E-state index contributed by atoms with van der Waals surface area (Å²) < 4.78 is 0. The second-order valence-electron chi connectivity index (χ2n) is 5.63. The van der Waals surface area contributed by atoms with Crippen molar-refractivity contribution in [2.75, 3.05) is 13.2 Å². The molecule has 3 unspecified atom stereocenters. The van der Waals surface area contributed by atoms with Crippen LogP contribution in [0.1, 0.15) is 19.3 Å². The van der Waals surface area contributed by atoms with E-state index in [0.29, 0.717) is 0 Å². The summed E-state index contributed by atoms with van der Waals surface area (Å²) in [7, 11) is 0. The van der Waals surface area contributed by atoms with E-state index in [9.17, 15) is 33.9 Å². The zero-order chi connectivity index (χ0) is 21.9. The summed E-state index contributed by atoms with van der Waals surface area (Å²) >= 11 is 0. The molecule has 4 amide bonds. The predicted octanol–water partition coefficient (Wildman–Crippen LogP) is -4.78. The standard InChI is InChI=1S/C14H23N5O9/c15-6(3-9(16)21)12(25)19-8(5-20)13(26)17-4-10(22)18-7(14(27)28)1-2-11(23)24/h6-8,20H,1-5,15H2,(H2,16,21)(H,17,26)(H,18,22)(H,19,25)(H,23,24)(H,27,28). The highest BCUT2D eigenvalue weighted by atomic mass is 16.4. The summed E-state index contributed by atoms with van der Waals surface area (Å²) in [4.78, 5) is 67.5. The molecule has 0 spiro atoms. The minimum Gasteiger partial charge on any atom is -0.481 e. The molecule has 14 nitrogen and oxygen atoms in total. The van der Waals surface area contributed by atoms with Gasteiger partial charge in [-0.25, -0.2) is 4.79 Å². The number of carboxylic acid groups (broad SMARTS) is 2. The molecule has 0 aliphatic heterocycles. The Morgan fingerprint density at radius 2 is 1.54 bits per heavy atom. The maximum absolute atomic E-state index is 11.9. The van der Waals surface area contributed by atoms with Crippen LogP contribution < -0.4 is 27.4 Å². The highest BCUT2D eigenvalue weighted by Crippen LogP contribution is 1.98. The fourth-order valence-electron chi connectivity index (χ4n) is 1.84.